The number of quaternary nitrogens is 1. The quantitative estimate of drug-likeness (QED) is 0.493. The first-order chi connectivity index (χ1) is 10.2. The zero-order chi connectivity index (χ0) is 16.6. The summed E-state index contributed by atoms with van der Waals surface area (Å²) in [4.78, 5) is 0. The molecule has 22 heavy (non-hydrogen) atoms. The van der Waals surface area contributed by atoms with Crippen molar-refractivity contribution in [3.8, 4) is 0 Å². The fraction of sp³-hybridized carbons (Fsp3) is 0.250. The third-order valence-corrected chi connectivity index (χ3v) is 3.49. The molecule has 0 saturated carbocycles. The van der Waals surface area contributed by atoms with Gasteiger partial charge in [0, 0.05) is 5.56 Å². The molecule has 0 radical (unpaired) electrons. The van der Waals surface area contributed by atoms with E-state index in [1.54, 1.807) is 0 Å². The Morgan fingerprint density at radius 2 is 1.36 bits per heavy atom. The van der Waals surface area contributed by atoms with Crippen molar-refractivity contribution in [2.45, 2.75) is 6.54 Å². The van der Waals surface area contributed by atoms with Crippen LogP contribution in [0.25, 0.3) is 0 Å². The standard InChI is InChI=1S/C15H18N.CH4O4S/c1-16(2,15-11-7-4-8-12-15)13-14-9-5-3-6-10-14;1-5-6(2,3)4/h3-12H,13H2,1-2H3;1H3,(H,2,3,4)/q+1;/p-1. The average molecular weight is 323 g/mol. The number of para-hydroxylation sites is 1. The molecule has 0 aliphatic rings. The molecule has 0 amide bonds. The molecule has 0 bridgehead atoms. The van der Waals surface area contributed by atoms with Crippen LogP contribution in [0.4, 0.5) is 5.69 Å². The van der Waals surface area contributed by atoms with Crippen LogP contribution in [0.15, 0.2) is 60.7 Å². The highest BCUT2D eigenvalue weighted by atomic mass is 32.3. The van der Waals surface area contributed by atoms with Gasteiger partial charge in [-0.15, -0.1) is 0 Å². The first-order valence-electron chi connectivity index (χ1n) is 6.68. The first-order valence-corrected chi connectivity index (χ1v) is 8.02. The summed E-state index contributed by atoms with van der Waals surface area (Å²) in [6, 6.07) is 21.2. The molecule has 0 aliphatic carbocycles. The highest BCUT2D eigenvalue weighted by Crippen LogP contribution is 2.21. The summed E-state index contributed by atoms with van der Waals surface area (Å²) < 4.78 is 31.9. The van der Waals surface area contributed by atoms with Crippen LogP contribution in [0.1, 0.15) is 5.56 Å². The smallest absolute Gasteiger partial charge is 0.217 e. The molecule has 2 aromatic carbocycles. The molecular formula is C16H21NO4S. The Morgan fingerprint density at radius 3 is 1.77 bits per heavy atom. The summed E-state index contributed by atoms with van der Waals surface area (Å²) in [5, 5.41) is 0. The first kappa shape index (κ1) is 18.3. The zero-order valence-electron chi connectivity index (χ0n) is 13.0. The van der Waals surface area contributed by atoms with E-state index in [0.717, 1.165) is 18.1 Å². The van der Waals surface area contributed by atoms with Crippen LogP contribution in [0.3, 0.4) is 0 Å². The van der Waals surface area contributed by atoms with Gasteiger partial charge in [0.15, 0.2) is 0 Å². The van der Waals surface area contributed by atoms with Gasteiger partial charge >= 0.3 is 0 Å². The molecule has 0 heterocycles. The second-order valence-corrected chi connectivity index (χ2v) is 6.39. The lowest BCUT2D eigenvalue weighted by atomic mass is 10.2. The van der Waals surface area contributed by atoms with Crippen LogP contribution in [0.2, 0.25) is 0 Å². The molecule has 0 atom stereocenters. The van der Waals surface area contributed by atoms with E-state index in [4.69, 9.17) is 0 Å². The lowest BCUT2D eigenvalue weighted by Gasteiger charge is -2.29. The van der Waals surface area contributed by atoms with Crippen molar-refractivity contribution in [3.63, 3.8) is 0 Å². The van der Waals surface area contributed by atoms with Crippen molar-refractivity contribution in [2.75, 3.05) is 21.2 Å². The maximum atomic E-state index is 9.22. The van der Waals surface area contributed by atoms with Gasteiger partial charge in [0.05, 0.1) is 21.2 Å². The summed E-state index contributed by atoms with van der Waals surface area (Å²) >= 11 is 0. The normalized spacial score (nSPS) is 11.5. The van der Waals surface area contributed by atoms with E-state index in [1.807, 2.05) is 0 Å². The molecule has 5 nitrogen and oxygen atoms in total. The van der Waals surface area contributed by atoms with Crippen LogP contribution >= 0.6 is 0 Å². The lowest BCUT2D eigenvalue weighted by Crippen LogP contribution is -2.39. The summed E-state index contributed by atoms with van der Waals surface area (Å²) in [6.45, 7) is 1.02. The summed E-state index contributed by atoms with van der Waals surface area (Å²) in [6.07, 6.45) is 0. The Bertz CT molecular complexity index is 655. The molecule has 0 spiro atoms. The number of hydrogen-bond donors (Lipinski definition) is 0. The fourth-order valence-electron chi connectivity index (χ4n) is 1.96. The summed E-state index contributed by atoms with van der Waals surface area (Å²) in [5.41, 5.74) is 2.71. The molecule has 2 aromatic rings. The maximum Gasteiger partial charge on any atom is 0.217 e. The Balaban J connectivity index is 0.000000346. The molecule has 0 unspecified atom stereocenters. The van der Waals surface area contributed by atoms with Gasteiger partial charge in [-0.2, -0.15) is 0 Å². The van der Waals surface area contributed by atoms with Gasteiger partial charge in [-0.1, -0.05) is 48.5 Å². The van der Waals surface area contributed by atoms with Crippen LogP contribution < -0.4 is 4.48 Å². The molecular weight excluding hydrogens is 302 g/mol. The largest absolute Gasteiger partial charge is 0.726 e. The van der Waals surface area contributed by atoms with Gasteiger partial charge in [0.2, 0.25) is 10.4 Å². The number of nitrogens with zero attached hydrogens (tertiary/aromatic N) is 1. The van der Waals surface area contributed by atoms with E-state index >= 15 is 0 Å². The molecule has 0 saturated heterocycles. The maximum absolute atomic E-state index is 9.22. The number of rotatable bonds is 4. The Hall–Kier alpha value is -1.73. The van der Waals surface area contributed by atoms with Gasteiger partial charge in [-0.25, -0.2) is 8.42 Å². The minimum absolute atomic E-state index is 0.808. The molecule has 0 fully saturated rings. The van der Waals surface area contributed by atoms with E-state index in [1.165, 1.54) is 11.3 Å². The van der Waals surface area contributed by atoms with E-state index in [2.05, 4.69) is 78.9 Å². The van der Waals surface area contributed by atoms with Crippen molar-refractivity contribution in [3.05, 3.63) is 66.2 Å². The minimum Gasteiger partial charge on any atom is -0.726 e. The highest BCUT2D eigenvalue weighted by molar-refractivity contribution is 7.80. The molecule has 0 aromatic heterocycles. The zero-order valence-corrected chi connectivity index (χ0v) is 13.8. The van der Waals surface area contributed by atoms with Gasteiger partial charge in [-0.05, 0) is 12.1 Å². The Kier molecular flexibility index (Phi) is 6.70. The predicted octanol–water partition coefficient (Wildman–Crippen LogP) is 2.55. The summed E-state index contributed by atoms with van der Waals surface area (Å²) in [7, 11) is 0.873. The van der Waals surface area contributed by atoms with Crippen LogP contribution in [0, 0.1) is 0 Å². The molecule has 2 rings (SSSR count). The third kappa shape index (κ3) is 6.82. The Morgan fingerprint density at radius 1 is 0.955 bits per heavy atom. The van der Waals surface area contributed by atoms with Crippen molar-refractivity contribution in [2.24, 2.45) is 0 Å². The topological polar surface area (TPSA) is 66.4 Å². The second-order valence-electron chi connectivity index (χ2n) is 5.24. The molecule has 0 N–H and O–H groups in total. The van der Waals surface area contributed by atoms with E-state index in [-0.39, 0.29) is 0 Å². The predicted molar refractivity (Wildman–Crippen MR) is 86.9 cm³/mol. The number of benzene rings is 2. The molecule has 120 valence electrons. The van der Waals surface area contributed by atoms with Crippen molar-refractivity contribution >= 4 is 16.1 Å². The second kappa shape index (κ2) is 8.05. The van der Waals surface area contributed by atoms with Crippen LogP contribution in [-0.2, 0) is 21.1 Å². The van der Waals surface area contributed by atoms with Gasteiger partial charge in [0.1, 0.15) is 12.2 Å². The van der Waals surface area contributed by atoms with E-state index in [0.29, 0.717) is 0 Å². The number of hydrogen-bond acceptors (Lipinski definition) is 4. The molecule has 6 heteroatoms. The van der Waals surface area contributed by atoms with Gasteiger partial charge in [-0.3, -0.25) is 8.67 Å². The Labute approximate surface area is 132 Å². The fourth-order valence-corrected chi connectivity index (χ4v) is 1.96. The van der Waals surface area contributed by atoms with E-state index in [9.17, 15) is 13.0 Å². The van der Waals surface area contributed by atoms with E-state index < -0.39 is 10.4 Å². The lowest BCUT2D eigenvalue weighted by molar-refractivity contribution is 0.314. The highest BCUT2D eigenvalue weighted by Gasteiger charge is 2.18. The van der Waals surface area contributed by atoms with Crippen molar-refractivity contribution in [1.82, 2.24) is 4.48 Å². The summed E-state index contributed by atoms with van der Waals surface area (Å²) in [5.74, 6) is 0. The van der Waals surface area contributed by atoms with Crippen LogP contribution in [-0.4, -0.2) is 34.2 Å². The monoisotopic (exact) mass is 323 g/mol. The third-order valence-electron chi connectivity index (χ3n) is 3.08. The SMILES string of the molecule is COS(=O)(=O)[O-].C[N+](C)(Cc1ccccc1)c1ccccc1. The van der Waals surface area contributed by atoms with Crippen LogP contribution in [0.5, 0.6) is 0 Å². The molecule has 0 aliphatic heterocycles. The van der Waals surface area contributed by atoms with Crippen molar-refractivity contribution < 1.29 is 17.2 Å². The van der Waals surface area contributed by atoms with Gasteiger partial charge in [0.25, 0.3) is 0 Å². The minimum atomic E-state index is -4.41. The van der Waals surface area contributed by atoms with Gasteiger partial charge < -0.3 is 4.55 Å². The van der Waals surface area contributed by atoms with Crippen molar-refractivity contribution in [1.29, 1.82) is 0 Å². The average Bonchev–Trinajstić information content (AvgIpc) is 2.49.